The largest absolute Gasteiger partial charge is 0.352 e. The highest BCUT2D eigenvalue weighted by atomic mass is 32.2. The SMILES string of the molecule is CN=C(NCc1ccc(S(=O)(=O)NC)cc1)N(C)Cc1cccc(F)c1. The Bertz CT molecular complexity index is 867. The van der Waals surface area contributed by atoms with Gasteiger partial charge in [0.25, 0.3) is 0 Å². The van der Waals surface area contributed by atoms with E-state index in [1.54, 1.807) is 37.4 Å². The Morgan fingerprint density at radius 2 is 1.85 bits per heavy atom. The van der Waals surface area contributed by atoms with Gasteiger partial charge >= 0.3 is 0 Å². The molecular weight excluding hydrogens is 355 g/mol. The summed E-state index contributed by atoms with van der Waals surface area (Å²) in [6.07, 6.45) is 0. The van der Waals surface area contributed by atoms with Crippen molar-refractivity contribution in [2.45, 2.75) is 18.0 Å². The zero-order valence-corrected chi connectivity index (χ0v) is 15.8. The minimum Gasteiger partial charge on any atom is -0.352 e. The first-order chi connectivity index (χ1) is 12.4. The molecular formula is C18H23FN4O2S. The summed E-state index contributed by atoms with van der Waals surface area (Å²) in [7, 11) is 1.48. The minimum atomic E-state index is -3.44. The number of aliphatic imine (C=N–C) groups is 1. The highest BCUT2D eigenvalue weighted by Gasteiger charge is 2.11. The van der Waals surface area contributed by atoms with Gasteiger partial charge in [0.2, 0.25) is 10.0 Å². The van der Waals surface area contributed by atoms with E-state index in [9.17, 15) is 12.8 Å². The first kappa shape index (κ1) is 19.9. The average Bonchev–Trinajstić information content (AvgIpc) is 2.62. The molecule has 0 radical (unpaired) electrons. The second-order valence-electron chi connectivity index (χ2n) is 5.74. The van der Waals surface area contributed by atoms with Crippen LogP contribution in [0.1, 0.15) is 11.1 Å². The average molecular weight is 378 g/mol. The van der Waals surface area contributed by atoms with Gasteiger partial charge in [0.1, 0.15) is 5.82 Å². The molecule has 0 bridgehead atoms. The molecule has 0 saturated carbocycles. The summed E-state index contributed by atoms with van der Waals surface area (Å²) >= 11 is 0. The van der Waals surface area contributed by atoms with Gasteiger partial charge in [-0.2, -0.15) is 0 Å². The number of nitrogens with one attached hydrogen (secondary N) is 2. The standard InChI is InChI=1S/C18H23FN4O2S/c1-20-18(23(3)13-15-5-4-6-16(19)11-15)22-12-14-7-9-17(10-8-14)26(24,25)21-2/h4-11,21H,12-13H2,1-3H3,(H,20,22). The van der Waals surface area contributed by atoms with E-state index >= 15 is 0 Å². The number of guanidine groups is 1. The third-order valence-corrected chi connectivity index (χ3v) is 5.27. The Morgan fingerprint density at radius 3 is 2.42 bits per heavy atom. The van der Waals surface area contributed by atoms with Crippen molar-refractivity contribution >= 4 is 16.0 Å². The Morgan fingerprint density at radius 1 is 1.15 bits per heavy atom. The van der Waals surface area contributed by atoms with Gasteiger partial charge in [-0.15, -0.1) is 0 Å². The van der Waals surface area contributed by atoms with E-state index in [-0.39, 0.29) is 10.7 Å². The maximum atomic E-state index is 13.3. The molecule has 2 aromatic carbocycles. The molecule has 26 heavy (non-hydrogen) atoms. The summed E-state index contributed by atoms with van der Waals surface area (Å²) in [5, 5.41) is 3.21. The van der Waals surface area contributed by atoms with E-state index in [4.69, 9.17) is 0 Å². The molecule has 140 valence electrons. The van der Waals surface area contributed by atoms with Crippen LogP contribution in [0.3, 0.4) is 0 Å². The van der Waals surface area contributed by atoms with Gasteiger partial charge in [0, 0.05) is 27.2 Å². The van der Waals surface area contributed by atoms with E-state index in [1.807, 2.05) is 18.0 Å². The smallest absolute Gasteiger partial charge is 0.240 e. The van der Waals surface area contributed by atoms with Crippen LogP contribution in [0.15, 0.2) is 58.4 Å². The molecule has 0 unspecified atom stereocenters. The second-order valence-corrected chi connectivity index (χ2v) is 7.62. The summed E-state index contributed by atoms with van der Waals surface area (Å²) < 4.78 is 39.0. The quantitative estimate of drug-likeness (QED) is 0.595. The van der Waals surface area contributed by atoms with Crippen molar-refractivity contribution in [2.75, 3.05) is 21.1 Å². The van der Waals surface area contributed by atoms with Crippen LogP contribution in [-0.2, 0) is 23.1 Å². The molecule has 0 aliphatic rings. The fourth-order valence-corrected chi connectivity index (χ4v) is 3.18. The lowest BCUT2D eigenvalue weighted by atomic mass is 10.2. The van der Waals surface area contributed by atoms with E-state index in [1.165, 1.54) is 19.2 Å². The fourth-order valence-electron chi connectivity index (χ4n) is 2.45. The Kier molecular flexibility index (Phi) is 6.70. The Labute approximate surface area is 153 Å². The number of benzene rings is 2. The molecule has 0 fully saturated rings. The van der Waals surface area contributed by atoms with Crippen LogP contribution >= 0.6 is 0 Å². The number of rotatable bonds is 6. The zero-order chi connectivity index (χ0) is 19.2. The summed E-state index contributed by atoms with van der Waals surface area (Å²) in [6.45, 7) is 0.997. The Balaban J connectivity index is 1.98. The van der Waals surface area contributed by atoms with Gasteiger partial charge in [0.15, 0.2) is 5.96 Å². The molecule has 0 saturated heterocycles. The van der Waals surface area contributed by atoms with Crippen LogP contribution in [0.2, 0.25) is 0 Å². The lowest BCUT2D eigenvalue weighted by Gasteiger charge is -2.22. The monoisotopic (exact) mass is 378 g/mol. The molecule has 0 spiro atoms. The minimum absolute atomic E-state index is 0.219. The summed E-state index contributed by atoms with van der Waals surface area (Å²) in [6, 6.07) is 13.0. The van der Waals surface area contributed by atoms with Gasteiger partial charge in [-0.05, 0) is 42.4 Å². The number of sulfonamides is 1. The predicted octanol–water partition coefficient (Wildman–Crippen LogP) is 1.94. The molecule has 6 nitrogen and oxygen atoms in total. The molecule has 0 amide bonds. The third kappa shape index (κ3) is 5.27. The van der Waals surface area contributed by atoms with Crippen molar-refractivity contribution in [2.24, 2.45) is 4.99 Å². The summed E-state index contributed by atoms with van der Waals surface area (Å²) in [5.74, 6) is 0.386. The summed E-state index contributed by atoms with van der Waals surface area (Å²) in [5.41, 5.74) is 1.76. The number of halogens is 1. The van der Waals surface area contributed by atoms with Crippen LogP contribution in [0.5, 0.6) is 0 Å². The van der Waals surface area contributed by atoms with Crippen LogP contribution < -0.4 is 10.0 Å². The van der Waals surface area contributed by atoms with Gasteiger partial charge in [-0.1, -0.05) is 24.3 Å². The third-order valence-electron chi connectivity index (χ3n) is 3.84. The van der Waals surface area contributed by atoms with Crippen molar-refractivity contribution in [1.29, 1.82) is 0 Å². The maximum Gasteiger partial charge on any atom is 0.240 e. The topological polar surface area (TPSA) is 73.8 Å². The molecule has 2 N–H and O–H groups in total. The van der Waals surface area contributed by atoms with Crippen molar-refractivity contribution in [3.8, 4) is 0 Å². The van der Waals surface area contributed by atoms with Gasteiger partial charge in [0.05, 0.1) is 4.90 Å². The van der Waals surface area contributed by atoms with Crippen molar-refractivity contribution in [3.05, 3.63) is 65.5 Å². The van der Waals surface area contributed by atoms with Crippen molar-refractivity contribution in [3.63, 3.8) is 0 Å². The Hall–Kier alpha value is -2.45. The van der Waals surface area contributed by atoms with Crippen LogP contribution in [0, 0.1) is 5.82 Å². The van der Waals surface area contributed by atoms with Crippen LogP contribution in [0.25, 0.3) is 0 Å². The molecule has 2 rings (SSSR count). The van der Waals surface area contributed by atoms with Crippen LogP contribution in [-0.4, -0.2) is 40.4 Å². The zero-order valence-electron chi connectivity index (χ0n) is 15.0. The van der Waals surface area contributed by atoms with Gasteiger partial charge in [-0.25, -0.2) is 17.5 Å². The molecule has 0 atom stereocenters. The predicted molar refractivity (Wildman–Crippen MR) is 101 cm³/mol. The first-order valence-electron chi connectivity index (χ1n) is 8.04. The van der Waals surface area contributed by atoms with E-state index in [0.717, 1.165) is 11.1 Å². The maximum absolute atomic E-state index is 13.3. The molecule has 0 aromatic heterocycles. The fraction of sp³-hybridized carbons (Fsp3) is 0.278. The highest BCUT2D eigenvalue weighted by Crippen LogP contribution is 2.10. The van der Waals surface area contributed by atoms with Gasteiger partial charge < -0.3 is 10.2 Å². The van der Waals surface area contributed by atoms with Crippen LogP contribution in [0.4, 0.5) is 4.39 Å². The molecule has 8 heteroatoms. The normalized spacial score (nSPS) is 12.1. The molecule has 2 aromatic rings. The van der Waals surface area contributed by atoms with Crippen molar-refractivity contribution < 1.29 is 12.8 Å². The summed E-state index contributed by atoms with van der Waals surface area (Å²) in [4.78, 5) is 6.33. The van der Waals surface area contributed by atoms with E-state index in [0.29, 0.717) is 19.0 Å². The van der Waals surface area contributed by atoms with E-state index in [2.05, 4.69) is 15.0 Å². The lowest BCUT2D eigenvalue weighted by molar-refractivity contribution is 0.474. The first-order valence-corrected chi connectivity index (χ1v) is 9.52. The second kappa shape index (κ2) is 8.77. The lowest BCUT2D eigenvalue weighted by Crippen LogP contribution is -2.38. The molecule has 0 aliphatic carbocycles. The van der Waals surface area contributed by atoms with Crippen molar-refractivity contribution in [1.82, 2.24) is 14.9 Å². The van der Waals surface area contributed by atoms with E-state index < -0.39 is 10.0 Å². The molecule has 0 aliphatic heterocycles. The number of hydrogen-bond acceptors (Lipinski definition) is 3. The number of hydrogen-bond donors (Lipinski definition) is 2. The highest BCUT2D eigenvalue weighted by molar-refractivity contribution is 7.89. The molecule has 0 heterocycles. The van der Waals surface area contributed by atoms with Gasteiger partial charge in [-0.3, -0.25) is 4.99 Å². The number of nitrogens with zero attached hydrogens (tertiary/aromatic N) is 2.